The Labute approximate surface area is 154 Å². The van der Waals surface area contributed by atoms with E-state index >= 15 is 0 Å². The van der Waals surface area contributed by atoms with Gasteiger partial charge in [-0.3, -0.25) is 4.79 Å². The molecule has 1 amide bonds. The molecule has 1 aromatic carbocycles. The van der Waals surface area contributed by atoms with E-state index in [2.05, 4.69) is 10.2 Å². The second-order valence-electron chi connectivity index (χ2n) is 7.12. The van der Waals surface area contributed by atoms with Crippen molar-refractivity contribution in [2.45, 2.75) is 43.0 Å². The molecule has 26 heavy (non-hydrogen) atoms. The number of ether oxygens (including phenoxy) is 1. The van der Waals surface area contributed by atoms with Gasteiger partial charge in [0.05, 0.1) is 17.6 Å². The number of primary sulfonamides is 1. The molecule has 0 aliphatic carbocycles. The van der Waals surface area contributed by atoms with E-state index in [9.17, 15) is 13.2 Å². The van der Waals surface area contributed by atoms with E-state index in [4.69, 9.17) is 9.88 Å². The molecule has 2 aliphatic rings. The number of carbonyl (C=O) groups excluding carboxylic acids is 1. The highest BCUT2D eigenvalue weighted by Crippen LogP contribution is 2.30. The number of methoxy groups -OCH3 is 1. The van der Waals surface area contributed by atoms with Crippen molar-refractivity contribution in [3.63, 3.8) is 0 Å². The standard InChI is InChI=1S/C18H27N3O4S/c1-25-17-8-7-14(26(19,23)24)11-15(17)18(22)20-12-13-5-4-10-21-9-3-2-6-16(13)21/h7-8,11,13,16H,2-6,9-10,12H2,1H3,(H,20,22)(H2,19,23,24). The lowest BCUT2D eigenvalue weighted by atomic mass is 9.83. The average Bonchev–Trinajstić information content (AvgIpc) is 2.64. The molecule has 3 N–H and O–H groups in total. The van der Waals surface area contributed by atoms with Gasteiger partial charge in [0.2, 0.25) is 10.0 Å². The summed E-state index contributed by atoms with van der Waals surface area (Å²) in [5, 5.41) is 8.15. The normalized spacial score (nSPS) is 23.9. The number of hydrogen-bond donors (Lipinski definition) is 2. The van der Waals surface area contributed by atoms with Gasteiger partial charge in [-0.2, -0.15) is 0 Å². The zero-order valence-corrected chi connectivity index (χ0v) is 15.9. The largest absolute Gasteiger partial charge is 0.496 e. The molecule has 2 heterocycles. The Morgan fingerprint density at radius 2 is 2.04 bits per heavy atom. The molecule has 1 aromatic rings. The number of rotatable bonds is 5. The Morgan fingerprint density at radius 3 is 2.77 bits per heavy atom. The van der Waals surface area contributed by atoms with Crippen molar-refractivity contribution in [2.75, 3.05) is 26.7 Å². The quantitative estimate of drug-likeness (QED) is 0.801. The number of nitrogens with two attached hydrogens (primary N) is 1. The predicted octanol–water partition coefficient (Wildman–Crippen LogP) is 1.34. The first-order chi connectivity index (χ1) is 12.4. The van der Waals surface area contributed by atoms with Crippen LogP contribution in [0.2, 0.25) is 0 Å². The fourth-order valence-electron chi connectivity index (χ4n) is 4.18. The minimum Gasteiger partial charge on any atom is -0.496 e. The molecule has 7 nitrogen and oxygen atoms in total. The van der Waals surface area contributed by atoms with E-state index < -0.39 is 10.0 Å². The van der Waals surface area contributed by atoms with Crippen molar-refractivity contribution in [1.29, 1.82) is 0 Å². The number of carbonyl (C=O) groups is 1. The van der Waals surface area contributed by atoms with E-state index in [0.29, 0.717) is 24.3 Å². The summed E-state index contributed by atoms with van der Waals surface area (Å²) in [6.45, 7) is 2.89. The van der Waals surface area contributed by atoms with E-state index in [1.807, 2.05) is 0 Å². The van der Waals surface area contributed by atoms with Crippen LogP contribution in [0.1, 0.15) is 42.5 Å². The average molecular weight is 381 g/mol. The number of benzene rings is 1. The van der Waals surface area contributed by atoms with E-state index in [-0.39, 0.29) is 16.4 Å². The Morgan fingerprint density at radius 1 is 1.27 bits per heavy atom. The van der Waals surface area contributed by atoms with Gasteiger partial charge in [-0.15, -0.1) is 0 Å². The summed E-state index contributed by atoms with van der Waals surface area (Å²) in [6, 6.07) is 4.61. The topological polar surface area (TPSA) is 102 Å². The van der Waals surface area contributed by atoms with Crippen LogP contribution >= 0.6 is 0 Å². The fourth-order valence-corrected chi connectivity index (χ4v) is 4.72. The van der Waals surface area contributed by atoms with Gasteiger partial charge in [0.15, 0.2) is 0 Å². The van der Waals surface area contributed by atoms with Crippen molar-refractivity contribution in [2.24, 2.45) is 11.1 Å². The van der Waals surface area contributed by atoms with Gasteiger partial charge >= 0.3 is 0 Å². The van der Waals surface area contributed by atoms with Crippen molar-refractivity contribution in [3.05, 3.63) is 23.8 Å². The molecule has 2 fully saturated rings. The van der Waals surface area contributed by atoms with Crippen molar-refractivity contribution >= 4 is 15.9 Å². The number of fused-ring (bicyclic) bond motifs is 1. The second kappa shape index (κ2) is 7.94. The minimum atomic E-state index is -3.88. The Hall–Kier alpha value is -1.64. The smallest absolute Gasteiger partial charge is 0.255 e. The van der Waals surface area contributed by atoms with Gasteiger partial charge in [0, 0.05) is 12.6 Å². The Bertz CT molecular complexity index is 764. The number of sulfonamides is 1. The first kappa shape index (κ1) is 19.1. The third-order valence-corrected chi connectivity index (χ3v) is 6.41. The molecule has 2 aliphatic heterocycles. The number of amides is 1. The number of hydrogen-bond acceptors (Lipinski definition) is 5. The summed E-state index contributed by atoms with van der Waals surface area (Å²) in [7, 11) is -2.43. The fraction of sp³-hybridized carbons (Fsp3) is 0.611. The zero-order valence-electron chi connectivity index (χ0n) is 15.1. The first-order valence-electron chi connectivity index (χ1n) is 9.13. The predicted molar refractivity (Wildman–Crippen MR) is 98.6 cm³/mol. The van der Waals surface area contributed by atoms with Gasteiger partial charge in [-0.25, -0.2) is 13.6 Å². The van der Waals surface area contributed by atoms with Gasteiger partial charge in [-0.1, -0.05) is 6.42 Å². The number of nitrogens with zero attached hydrogens (tertiary/aromatic N) is 1. The Kier molecular flexibility index (Phi) is 5.84. The molecule has 0 aromatic heterocycles. The van der Waals surface area contributed by atoms with E-state index in [1.54, 1.807) is 0 Å². The molecule has 8 heteroatoms. The van der Waals surface area contributed by atoms with Crippen LogP contribution in [0.3, 0.4) is 0 Å². The van der Waals surface area contributed by atoms with Crippen LogP contribution < -0.4 is 15.2 Å². The van der Waals surface area contributed by atoms with Gasteiger partial charge in [0.25, 0.3) is 5.91 Å². The lowest BCUT2D eigenvalue weighted by Crippen LogP contribution is -2.51. The summed E-state index contributed by atoms with van der Waals surface area (Å²) in [5.74, 6) is 0.429. The Balaban J connectivity index is 1.71. The lowest BCUT2D eigenvalue weighted by molar-refractivity contribution is 0.0575. The monoisotopic (exact) mass is 381 g/mol. The summed E-state index contributed by atoms with van der Waals surface area (Å²) < 4.78 is 28.3. The first-order valence-corrected chi connectivity index (χ1v) is 10.7. The van der Waals surface area contributed by atoms with Crippen molar-refractivity contribution in [3.8, 4) is 5.75 Å². The highest BCUT2D eigenvalue weighted by molar-refractivity contribution is 7.89. The molecule has 0 saturated carbocycles. The SMILES string of the molecule is COc1ccc(S(N)(=O)=O)cc1C(=O)NCC1CCCN2CCCCC12. The third-order valence-electron chi connectivity index (χ3n) is 5.50. The molecule has 2 atom stereocenters. The van der Waals surface area contributed by atoms with Crippen LogP contribution in [-0.4, -0.2) is 52.0 Å². The van der Waals surface area contributed by atoms with Gasteiger partial charge in [-0.05, 0) is 62.9 Å². The molecule has 0 spiro atoms. The molecular weight excluding hydrogens is 354 g/mol. The second-order valence-corrected chi connectivity index (χ2v) is 8.68. The number of piperidine rings is 2. The maximum atomic E-state index is 12.7. The van der Waals surface area contributed by atoms with Gasteiger partial charge < -0.3 is 15.0 Å². The molecule has 0 radical (unpaired) electrons. The molecule has 2 unspecified atom stereocenters. The molecular formula is C18H27N3O4S. The van der Waals surface area contributed by atoms with Crippen LogP contribution in [0.25, 0.3) is 0 Å². The van der Waals surface area contributed by atoms with Crippen LogP contribution in [-0.2, 0) is 10.0 Å². The van der Waals surface area contributed by atoms with E-state index in [0.717, 1.165) is 25.9 Å². The van der Waals surface area contributed by atoms with Crippen LogP contribution in [0.5, 0.6) is 5.75 Å². The van der Waals surface area contributed by atoms with Crippen LogP contribution in [0.15, 0.2) is 23.1 Å². The summed E-state index contributed by atoms with van der Waals surface area (Å²) in [4.78, 5) is 15.1. The van der Waals surface area contributed by atoms with Crippen LogP contribution in [0, 0.1) is 5.92 Å². The maximum Gasteiger partial charge on any atom is 0.255 e. The number of nitrogens with one attached hydrogen (secondary N) is 1. The highest BCUT2D eigenvalue weighted by atomic mass is 32.2. The molecule has 2 saturated heterocycles. The van der Waals surface area contributed by atoms with Crippen molar-refractivity contribution in [1.82, 2.24) is 10.2 Å². The third kappa shape index (κ3) is 4.19. The molecule has 144 valence electrons. The van der Waals surface area contributed by atoms with Crippen molar-refractivity contribution < 1.29 is 17.9 Å². The summed E-state index contributed by atoms with van der Waals surface area (Å²) in [6.07, 6.45) is 5.95. The minimum absolute atomic E-state index is 0.0976. The molecule has 3 rings (SSSR count). The lowest BCUT2D eigenvalue weighted by Gasteiger charge is -2.44. The highest BCUT2D eigenvalue weighted by Gasteiger charge is 2.33. The summed E-state index contributed by atoms with van der Waals surface area (Å²) in [5.41, 5.74) is 0.190. The summed E-state index contributed by atoms with van der Waals surface area (Å²) >= 11 is 0. The molecule has 0 bridgehead atoms. The van der Waals surface area contributed by atoms with Gasteiger partial charge in [0.1, 0.15) is 5.75 Å². The maximum absolute atomic E-state index is 12.7. The zero-order chi connectivity index (χ0) is 18.7. The van der Waals surface area contributed by atoms with Crippen LogP contribution in [0.4, 0.5) is 0 Å². The van der Waals surface area contributed by atoms with E-state index in [1.165, 1.54) is 44.6 Å².